The smallest absolute Gasteiger partial charge is 0.337 e. The van der Waals surface area contributed by atoms with E-state index in [0.29, 0.717) is 23.4 Å². The topological polar surface area (TPSA) is 131 Å². The summed E-state index contributed by atoms with van der Waals surface area (Å²) in [5, 5.41) is 17.3. The number of nitrogens with zero attached hydrogens (tertiary/aromatic N) is 2. The maximum absolute atomic E-state index is 12.6. The number of carboxylic acid groups (broad SMARTS) is 1. The summed E-state index contributed by atoms with van der Waals surface area (Å²) in [6, 6.07) is 24.9. The maximum Gasteiger partial charge on any atom is 0.337 e. The second-order valence-electron chi connectivity index (χ2n) is 13.9. The molecule has 2 aliphatic heterocycles. The molecule has 2 aromatic heterocycles. The number of aliphatic carboxylic acids is 1. The molecule has 0 saturated heterocycles. The maximum atomic E-state index is 12.6. The van der Waals surface area contributed by atoms with E-state index in [0.717, 1.165) is 75.7 Å². The minimum atomic E-state index is -1.18. The fourth-order valence-corrected chi connectivity index (χ4v) is 8.13. The van der Waals surface area contributed by atoms with Gasteiger partial charge in [0.05, 0.1) is 34.4 Å². The number of hydrogen-bond donors (Lipinski definition) is 3. The summed E-state index contributed by atoms with van der Waals surface area (Å²) in [6.45, 7) is 7.44. The minimum absolute atomic E-state index is 0.0115. The van der Waals surface area contributed by atoms with Crippen molar-refractivity contribution in [1.82, 2.24) is 9.97 Å². The lowest BCUT2D eigenvalue weighted by atomic mass is 9.91. The van der Waals surface area contributed by atoms with Crippen LogP contribution < -0.4 is 10.6 Å². The molecular weight excluding hydrogens is 776 g/mol. The highest BCUT2D eigenvalue weighted by Gasteiger charge is 2.32. The van der Waals surface area contributed by atoms with Crippen molar-refractivity contribution in [2.45, 2.75) is 52.2 Å². The highest BCUT2D eigenvalue weighted by Crippen LogP contribution is 2.44. The number of nitrogens with one attached hydrogen (secondary N) is 2. The predicted octanol–water partition coefficient (Wildman–Crippen LogP) is 10.0. The second kappa shape index (κ2) is 14.5. The number of carbonyl (C=O) groups excluding carboxylic acids is 2. The highest BCUT2D eigenvalue weighted by atomic mass is 79.9. The van der Waals surface area contributed by atoms with Crippen molar-refractivity contribution in [3.63, 3.8) is 0 Å². The number of thiazole rings is 1. The molecule has 0 radical (unpaired) electrons. The van der Waals surface area contributed by atoms with Crippen LogP contribution in [0.2, 0.25) is 5.02 Å². The molecule has 0 saturated carbocycles. The zero-order chi connectivity index (χ0) is 37.6. The molecule has 53 heavy (non-hydrogen) atoms. The van der Waals surface area contributed by atoms with Gasteiger partial charge in [-0.05, 0) is 111 Å². The molecule has 0 bridgehead atoms. The molecule has 4 aromatic carbocycles. The van der Waals surface area contributed by atoms with Gasteiger partial charge < -0.3 is 20.5 Å². The molecule has 268 valence electrons. The molecule has 0 unspecified atom stereocenters. The van der Waals surface area contributed by atoms with Crippen molar-refractivity contribution < 1.29 is 24.2 Å². The Labute approximate surface area is 323 Å². The number of anilines is 2. The molecule has 2 aliphatic rings. The van der Waals surface area contributed by atoms with Gasteiger partial charge in [-0.3, -0.25) is 14.6 Å². The van der Waals surface area contributed by atoms with Gasteiger partial charge in [-0.15, -0.1) is 11.3 Å². The van der Waals surface area contributed by atoms with Gasteiger partial charge in [0, 0.05) is 49.3 Å². The van der Waals surface area contributed by atoms with Gasteiger partial charge in [-0.2, -0.15) is 0 Å². The average Bonchev–Trinajstić information content (AvgIpc) is 3.81. The van der Waals surface area contributed by atoms with Crippen LogP contribution in [0, 0.1) is 6.92 Å². The van der Waals surface area contributed by atoms with Crippen LogP contribution in [0.3, 0.4) is 0 Å². The number of carboxylic acids is 1. The first kappa shape index (κ1) is 36.4. The molecule has 1 atom stereocenters. The zero-order valence-electron chi connectivity index (χ0n) is 29.2. The summed E-state index contributed by atoms with van der Waals surface area (Å²) in [5.41, 5.74) is 9.43. The summed E-state index contributed by atoms with van der Waals surface area (Å²) in [4.78, 5) is 44.9. The summed E-state index contributed by atoms with van der Waals surface area (Å²) in [7, 11) is 0. The minimum Gasteiger partial charge on any atom is -0.479 e. The number of amides is 2. The quantitative estimate of drug-likeness (QED) is 0.153. The van der Waals surface area contributed by atoms with Gasteiger partial charge in [0.2, 0.25) is 11.8 Å². The Morgan fingerprint density at radius 2 is 1.53 bits per heavy atom. The Hall–Kier alpha value is -4.94. The van der Waals surface area contributed by atoms with Gasteiger partial charge in [-0.25, -0.2) is 9.78 Å². The molecule has 0 fully saturated rings. The van der Waals surface area contributed by atoms with Crippen LogP contribution in [0.5, 0.6) is 0 Å². The second-order valence-corrected chi connectivity index (χ2v) is 16.2. The van der Waals surface area contributed by atoms with Crippen molar-refractivity contribution >= 4 is 78.2 Å². The number of aromatic nitrogens is 2. The van der Waals surface area contributed by atoms with Crippen LogP contribution in [0.1, 0.15) is 49.1 Å². The predicted molar refractivity (Wildman–Crippen MR) is 213 cm³/mol. The van der Waals surface area contributed by atoms with E-state index in [1.54, 1.807) is 18.3 Å². The fourth-order valence-electron chi connectivity index (χ4n) is 6.47. The third-order valence-electron chi connectivity index (χ3n) is 8.74. The first-order chi connectivity index (χ1) is 25.2. The Morgan fingerprint density at radius 3 is 2.19 bits per heavy atom. The van der Waals surface area contributed by atoms with Crippen LogP contribution in [-0.4, -0.2) is 38.5 Å². The normalized spacial score (nSPS) is 13.8. The molecule has 2 amide bonds. The number of pyridine rings is 1. The van der Waals surface area contributed by atoms with E-state index in [2.05, 4.69) is 31.5 Å². The molecule has 0 aliphatic carbocycles. The van der Waals surface area contributed by atoms with Gasteiger partial charge in [0.25, 0.3) is 0 Å². The molecule has 6 aromatic rings. The van der Waals surface area contributed by atoms with Gasteiger partial charge in [0.15, 0.2) is 6.10 Å². The Balaban J connectivity index is 0.000000336. The lowest BCUT2D eigenvalue weighted by Crippen LogP contribution is -2.28. The van der Waals surface area contributed by atoms with Crippen molar-refractivity contribution in [2.75, 3.05) is 10.6 Å². The van der Waals surface area contributed by atoms with E-state index in [1.807, 2.05) is 94.4 Å². The molecule has 3 N–H and O–H groups in total. The van der Waals surface area contributed by atoms with Crippen LogP contribution in [-0.2, 0) is 32.0 Å². The first-order valence-electron chi connectivity index (χ1n) is 16.8. The number of ether oxygens (including phenoxy) is 1. The van der Waals surface area contributed by atoms with Crippen LogP contribution in [0.25, 0.3) is 43.2 Å². The molecule has 8 rings (SSSR count). The third kappa shape index (κ3) is 7.89. The third-order valence-corrected chi connectivity index (χ3v) is 10.6. The number of aryl methyl sites for hydroxylation is 1. The molecule has 4 heterocycles. The lowest BCUT2D eigenvalue weighted by molar-refractivity contribution is -0.160. The standard InChI is InChI=1S/C33H28ClN3O4S.C8H6BrNO/c1-17-13-25-30(28(18-5-8-22(34)9-6-18)27(17)29(32(39)40)41-33(2,3)4)42-31(37-25)20-11-12-35-24(15-20)19-7-10-23-21(14-19)16-26(38)36-23;9-6-1-2-7-5(3-6)4-8(11)10-7/h5-15,29H,16H2,1-4H3,(H,36,38)(H,39,40);1-3H,4H2,(H,10,11)/t29-;/m0./s1. The first-order valence-corrected chi connectivity index (χ1v) is 18.8. The summed E-state index contributed by atoms with van der Waals surface area (Å²) in [6.07, 6.45) is 1.43. The number of hydrogen-bond acceptors (Lipinski definition) is 7. The van der Waals surface area contributed by atoms with Crippen molar-refractivity contribution in [2.24, 2.45) is 0 Å². The van der Waals surface area contributed by atoms with E-state index >= 15 is 0 Å². The SMILES string of the molecule is Cc1cc2nc(-c3ccnc(-c4ccc5c(c4)CC(=O)N5)c3)sc2c(-c2ccc(Cl)cc2)c1[C@H](OC(C)(C)C)C(=O)O.O=C1Cc2cc(Br)ccc2N1. The summed E-state index contributed by atoms with van der Waals surface area (Å²) < 4.78 is 8.00. The van der Waals surface area contributed by atoms with Crippen molar-refractivity contribution in [3.05, 3.63) is 117 Å². The number of carbonyl (C=O) groups is 3. The van der Waals surface area contributed by atoms with Crippen LogP contribution in [0.15, 0.2) is 89.5 Å². The molecule has 12 heteroatoms. The largest absolute Gasteiger partial charge is 0.479 e. The highest BCUT2D eigenvalue weighted by molar-refractivity contribution is 9.10. The number of halogens is 2. The van der Waals surface area contributed by atoms with Crippen LogP contribution in [0.4, 0.5) is 11.4 Å². The van der Waals surface area contributed by atoms with Crippen molar-refractivity contribution in [1.29, 1.82) is 0 Å². The van der Waals surface area contributed by atoms with Crippen molar-refractivity contribution in [3.8, 4) is 33.0 Å². The number of rotatable bonds is 6. The number of fused-ring (bicyclic) bond motifs is 3. The van der Waals surface area contributed by atoms with Gasteiger partial charge in [0.1, 0.15) is 5.01 Å². The molecule has 9 nitrogen and oxygen atoms in total. The van der Waals surface area contributed by atoms with E-state index in [-0.39, 0.29) is 11.8 Å². The van der Waals surface area contributed by atoms with Crippen LogP contribution >= 0.6 is 38.9 Å². The summed E-state index contributed by atoms with van der Waals surface area (Å²) in [5.74, 6) is -0.988. The monoisotopic (exact) mass is 808 g/mol. The molecule has 0 spiro atoms. The Kier molecular flexibility index (Phi) is 9.94. The average molecular weight is 810 g/mol. The molecular formula is C41H34BrClN4O5S. The van der Waals surface area contributed by atoms with E-state index in [4.69, 9.17) is 21.3 Å². The summed E-state index contributed by atoms with van der Waals surface area (Å²) >= 11 is 11.1. The van der Waals surface area contributed by atoms with E-state index in [1.165, 1.54) is 11.3 Å². The van der Waals surface area contributed by atoms with Gasteiger partial charge >= 0.3 is 5.97 Å². The Morgan fingerprint density at radius 1 is 0.887 bits per heavy atom. The number of benzene rings is 4. The van der Waals surface area contributed by atoms with E-state index in [9.17, 15) is 19.5 Å². The fraction of sp³-hybridized carbons (Fsp3) is 0.195. The Bertz CT molecular complexity index is 2440. The van der Waals surface area contributed by atoms with E-state index < -0.39 is 17.7 Å². The van der Waals surface area contributed by atoms with Gasteiger partial charge in [-0.1, -0.05) is 45.7 Å². The lowest BCUT2D eigenvalue weighted by Gasteiger charge is -2.28. The zero-order valence-corrected chi connectivity index (χ0v) is 32.4.